The van der Waals surface area contributed by atoms with Gasteiger partial charge in [-0.1, -0.05) is 146 Å². The Morgan fingerprint density at radius 1 is 0.310 bits per heavy atom. The zero-order valence-corrected chi connectivity index (χ0v) is 31.2. The Bertz CT molecular complexity index is 3470. The van der Waals surface area contributed by atoms with Gasteiger partial charge in [0.25, 0.3) is 0 Å². The molecule has 0 saturated heterocycles. The van der Waals surface area contributed by atoms with Gasteiger partial charge in [-0.2, -0.15) is 9.97 Å². The summed E-state index contributed by atoms with van der Waals surface area (Å²) < 4.78 is 4.51. The number of rotatable bonds is 5. The normalized spacial score (nSPS) is 11.8. The second-order valence-corrected chi connectivity index (χ2v) is 14.7. The molecule has 0 atom stereocenters. The summed E-state index contributed by atoms with van der Waals surface area (Å²) in [4.78, 5) is 21.1. The molecule has 0 fully saturated rings. The maximum atomic E-state index is 5.33. The highest BCUT2D eigenvalue weighted by molar-refractivity contribution is 6.30. The van der Waals surface area contributed by atoms with Crippen LogP contribution in [0, 0.1) is 0 Å². The Morgan fingerprint density at radius 2 is 0.828 bits per heavy atom. The molecule has 270 valence electrons. The molecule has 0 amide bonds. The van der Waals surface area contributed by atoms with E-state index in [9.17, 15) is 0 Å². The molecular formula is C52H32N6. The first-order chi connectivity index (χ1) is 28.8. The fraction of sp³-hybridized carbons (Fsp3) is 0. The molecule has 0 aliphatic rings. The second kappa shape index (κ2) is 12.8. The first-order valence-electron chi connectivity index (χ1n) is 19.5. The molecule has 0 saturated carbocycles. The lowest BCUT2D eigenvalue weighted by molar-refractivity contribution is 0.954. The highest BCUT2D eigenvalue weighted by Gasteiger charge is 2.22. The summed E-state index contributed by atoms with van der Waals surface area (Å²) in [6, 6.07) is 67.9. The molecule has 0 N–H and O–H groups in total. The third-order valence-corrected chi connectivity index (χ3v) is 11.3. The molecule has 0 spiro atoms. The van der Waals surface area contributed by atoms with Gasteiger partial charge in [-0.25, -0.2) is 9.97 Å². The summed E-state index contributed by atoms with van der Waals surface area (Å²) in [6.45, 7) is 0. The van der Waals surface area contributed by atoms with Crippen LogP contribution in [0.5, 0.6) is 0 Å². The Morgan fingerprint density at radius 3 is 1.48 bits per heavy atom. The SMILES string of the molecule is c1ccc(-c2cccc(-c3nc(-c4cccc(-c5ccccc5)c4)nc(-n4c5ccccc5c5c6c7ccccc7n7c8ccccc8nc7c6ccc54)n3)c2)cc1. The number of hydrogen-bond donors (Lipinski definition) is 0. The van der Waals surface area contributed by atoms with Gasteiger partial charge in [-0.3, -0.25) is 8.97 Å². The van der Waals surface area contributed by atoms with E-state index >= 15 is 0 Å². The van der Waals surface area contributed by atoms with Crippen LogP contribution in [0.2, 0.25) is 0 Å². The summed E-state index contributed by atoms with van der Waals surface area (Å²) in [5.41, 5.74) is 12.4. The van der Waals surface area contributed by atoms with Gasteiger partial charge in [0.05, 0.1) is 27.6 Å². The summed E-state index contributed by atoms with van der Waals surface area (Å²) in [5.74, 6) is 1.76. The average molecular weight is 741 g/mol. The van der Waals surface area contributed by atoms with Gasteiger partial charge in [0, 0.05) is 38.1 Å². The third kappa shape index (κ3) is 4.98. The van der Waals surface area contributed by atoms with E-state index in [1.54, 1.807) is 0 Å². The van der Waals surface area contributed by atoms with Crippen molar-refractivity contribution in [1.29, 1.82) is 0 Å². The number of hydrogen-bond acceptors (Lipinski definition) is 4. The Labute approximate surface area is 333 Å². The van der Waals surface area contributed by atoms with Gasteiger partial charge in [0.1, 0.15) is 5.65 Å². The number of fused-ring (bicyclic) bond motifs is 12. The molecule has 6 heteroatoms. The third-order valence-electron chi connectivity index (χ3n) is 11.3. The van der Waals surface area contributed by atoms with Crippen molar-refractivity contribution < 1.29 is 0 Å². The standard InChI is InChI=1S/C52H32N6/c1-3-15-33(16-4-1)35-19-13-21-37(31-35)49-54-50(38-22-14-20-36(32-38)34-17-5-2-6-18-34)56-52(55-49)58-44-27-11-8-24-40(44)48-46(58)30-29-41-47(48)39-23-7-10-26-43(39)57-45-28-12-9-25-42(45)53-51(41)57/h1-32H. The van der Waals surface area contributed by atoms with Gasteiger partial charge < -0.3 is 0 Å². The van der Waals surface area contributed by atoms with E-state index < -0.39 is 0 Å². The van der Waals surface area contributed by atoms with E-state index in [4.69, 9.17) is 19.9 Å². The average Bonchev–Trinajstić information content (AvgIpc) is 3.86. The second-order valence-electron chi connectivity index (χ2n) is 14.7. The van der Waals surface area contributed by atoms with Crippen LogP contribution in [0.4, 0.5) is 0 Å². The number of nitrogens with zero attached hydrogens (tertiary/aromatic N) is 6. The fourth-order valence-corrected chi connectivity index (χ4v) is 8.73. The predicted octanol–water partition coefficient (Wildman–Crippen LogP) is 12.7. The van der Waals surface area contributed by atoms with Crippen molar-refractivity contribution in [2.45, 2.75) is 0 Å². The van der Waals surface area contributed by atoms with Crippen LogP contribution in [0.1, 0.15) is 0 Å². The Balaban J connectivity index is 1.16. The van der Waals surface area contributed by atoms with Crippen LogP contribution in [-0.2, 0) is 0 Å². The molecule has 12 aromatic rings. The van der Waals surface area contributed by atoms with Crippen molar-refractivity contribution in [2.75, 3.05) is 0 Å². The summed E-state index contributed by atoms with van der Waals surface area (Å²) in [7, 11) is 0. The van der Waals surface area contributed by atoms with E-state index in [2.05, 4.69) is 191 Å². The van der Waals surface area contributed by atoms with Crippen molar-refractivity contribution >= 4 is 60.2 Å². The number of imidazole rings is 1. The Kier molecular flexibility index (Phi) is 7.13. The summed E-state index contributed by atoms with van der Waals surface area (Å²) in [6.07, 6.45) is 0. The lowest BCUT2D eigenvalue weighted by atomic mass is 10.00. The maximum absolute atomic E-state index is 5.33. The highest BCUT2D eigenvalue weighted by Crippen LogP contribution is 2.42. The fourth-order valence-electron chi connectivity index (χ4n) is 8.73. The lowest BCUT2D eigenvalue weighted by Crippen LogP contribution is -2.06. The lowest BCUT2D eigenvalue weighted by Gasteiger charge is -2.13. The molecule has 0 radical (unpaired) electrons. The minimum Gasteiger partial charge on any atom is -0.292 e. The van der Waals surface area contributed by atoms with Gasteiger partial charge >= 0.3 is 0 Å². The van der Waals surface area contributed by atoms with Crippen LogP contribution in [0.3, 0.4) is 0 Å². The molecule has 12 rings (SSSR count). The zero-order valence-electron chi connectivity index (χ0n) is 31.2. The summed E-state index contributed by atoms with van der Waals surface area (Å²) in [5, 5.41) is 5.67. The van der Waals surface area contributed by atoms with E-state index in [1.807, 2.05) is 12.1 Å². The number of benzene rings is 8. The Hall–Kier alpha value is -7.96. The molecule has 8 aromatic carbocycles. The summed E-state index contributed by atoms with van der Waals surface area (Å²) >= 11 is 0. The van der Waals surface area contributed by atoms with Gasteiger partial charge in [0.15, 0.2) is 11.6 Å². The molecule has 0 unspecified atom stereocenters. The number of para-hydroxylation sites is 4. The van der Waals surface area contributed by atoms with Crippen LogP contribution >= 0.6 is 0 Å². The first-order valence-corrected chi connectivity index (χ1v) is 19.5. The molecule has 0 bridgehead atoms. The van der Waals surface area contributed by atoms with E-state index in [-0.39, 0.29) is 0 Å². The van der Waals surface area contributed by atoms with Crippen LogP contribution in [-0.4, -0.2) is 28.9 Å². The topological polar surface area (TPSA) is 60.9 Å². The van der Waals surface area contributed by atoms with Gasteiger partial charge in [-0.15, -0.1) is 0 Å². The van der Waals surface area contributed by atoms with Crippen LogP contribution in [0.25, 0.3) is 111 Å². The number of aromatic nitrogens is 6. The molecule has 0 aliphatic carbocycles. The van der Waals surface area contributed by atoms with Crippen molar-refractivity contribution in [3.05, 3.63) is 194 Å². The van der Waals surface area contributed by atoms with E-state index in [0.717, 1.165) is 93.5 Å². The minimum absolute atomic E-state index is 0.553. The zero-order chi connectivity index (χ0) is 38.2. The monoisotopic (exact) mass is 740 g/mol. The van der Waals surface area contributed by atoms with Crippen molar-refractivity contribution in [1.82, 2.24) is 28.9 Å². The number of pyridine rings is 1. The molecule has 4 aromatic heterocycles. The van der Waals surface area contributed by atoms with Crippen molar-refractivity contribution in [3.8, 4) is 51.0 Å². The van der Waals surface area contributed by atoms with Crippen LogP contribution < -0.4 is 0 Å². The van der Waals surface area contributed by atoms with E-state index in [1.165, 1.54) is 0 Å². The maximum Gasteiger partial charge on any atom is 0.238 e. The van der Waals surface area contributed by atoms with E-state index in [0.29, 0.717) is 17.6 Å². The van der Waals surface area contributed by atoms with Gasteiger partial charge in [0.2, 0.25) is 5.95 Å². The predicted molar refractivity (Wildman–Crippen MR) is 237 cm³/mol. The van der Waals surface area contributed by atoms with Crippen molar-refractivity contribution in [2.24, 2.45) is 0 Å². The van der Waals surface area contributed by atoms with Crippen molar-refractivity contribution in [3.63, 3.8) is 0 Å². The molecule has 0 aliphatic heterocycles. The largest absolute Gasteiger partial charge is 0.292 e. The highest BCUT2D eigenvalue weighted by atomic mass is 15.2. The minimum atomic E-state index is 0.553. The molecular weight excluding hydrogens is 709 g/mol. The first kappa shape index (κ1) is 32.3. The van der Waals surface area contributed by atoms with Gasteiger partial charge in [-0.05, 0) is 70.8 Å². The van der Waals surface area contributed by atoms with Crippen LogP contribution in [0.15, 0.2) is 194 Å². The molecule has 6 nitrogen and oxygen atoms in total. The molecule has 4 heterocycles. The molecule has 58 heavy (non-hydrogen) atoms. The smallest absolute Gasteiger partial charge is 0.238 e. The quantitative estimate of drug-likeness (QED) is 0.165.